The second-order valence-corrected chi connectivity index (χ2v) is 5.73. The number of sulfonamides is 1. The van der Waals surface area contributed by atoms with Crippen LogP contribution < -0.4 is 10.5 Å². The fraction of sp³-hybridized carbons (Fsp3) is 0.875. The van der Waals surface area contributed by atoms with Crippen molar-refractivity contribution in [2.75, 3.05) is 5.75 Å². The third-order valence-corrected chi connectivity index (χ3v) is 4.14. The number of rotatable bonds is 4. The summed E-state index contributed by atoms with van der Waals surface area (Å²) in [6.45, 7) is 1.58. The van der Waals surface area contributed by atoms with Crippen molar-refractivity contribution < 1.29 is 13.6 Å². The van der Waals surface area contributed by atoms with E-state index in [2.05, 4.69) is 9.88 Å². The zero-order valence-corrected chi connectivity index (χ0v) is 9.50. The SMILES string of the molecule is CCS(=O)(=O)NC1CCCC1C(N)=NO. The highest BCUT2D eigenvalue weighted by atomic mass is 32.2. The molecule has 2 atom stereocenters. The molecule has 0 spiro atoms. The molecule has 0 saturated heterocycles. The standard InChI is InChI=1S/C8H17N3O3S/c1-2-15(13,14)11-7-5-3-4-6(7)8(9)10-12/h6-7,11-12H,2-5H2,1H3,(H2,9,10). The van der Waals surface area contributed by atoms with Gasteiger partial charge in [0.1, 0.15) is 5.84 Å². The summed E-state index contributed by atoms with van der Waals surface area (Å²) in [7, 11) is -3.22. The molecule has 4 N–H and O–H groups in total. The van der Waals surface area contributed by atoms with E-state index in [1.165, 1.54) is 0 Å². The van der Waals surface area contributed by atoms with Gasteiger partial charge in [-0.1, -0.05) is 11.6 Å². The number of nitrogens with two attached hydrogens (primary N) is 1. The highest BCUT2D eigenvalue weighted by Gasteiger charge is 2.32. The third-order valence-electron chi connectivity index (χ3n) is 2.72. The van der Waals surface area contributed by atoms with Gasteiger partial charge in [-0.2, -0.15) is 0 Å². The number of hydrogen-bond donors (Lipinski definition) is 3. The summed E-state index contributed by atoms with van der Waals surface area (Å²) >= 11 is 0. The monoisotopic (exact) mass is 235 g/mol. The Hall–Kier alpha value is -0.820. The molecular weight excluding hydrogens is 218 g/mol. The Kier molecular flexibility index (Phi) is 3.92. The summed E-state index contributed by atoms with van der Waals surface area (Å²) in [5.74, 6) is -0.0283. The molecule has 0 heterocycles. The molecule has 6 nitrogen and oxygen atoms in total. The minimum atomic E-state index is -3.22. The number of amidine groups is 1. The maximum Gasteiger partial charge on any atom is 0.211 e. The van der Waals surface area contributed by atoms with E-state index >= 15 is 0 Å². The van der Waals surface area contributed by atoms with E-state index in [4.69, 9.17) is 10.9 Å². The first-order chi connectivity index (χ1) is 7.00. The normalized spacial score (nSPS) is 28.2. The predicted octanol–water partition coefficient (Wildman–Crippen LogP) is -0.159. The summed E-state index contributed by atoms with van der Waals surface area (Å²) in [4.78, 5) is 0. The Bertz CT molecular complexity index is 339. The Morgan fingerprint density at radius 1 is 1.60 bits per heavy atom. The summed E-state index contributed by atoms with van der Waals surface area (Å²) in [6.07, 6.45) is 2.38. The van der Waals surface area contributed by atoms with Crippen molar-refractivity contribution in [2.24, 2.45) is 16.8 Å². The first-order valence-electron chi connectivity index (χ1n) is 4.97. The van der Waals surface area contributed by atoms with Gasteiger partial charge < -0.3 is 10.9 Å². The van der Waals surface area contributed by atoms with Crippen LogP contribution in [0.5, 0.6) is 0 Å². The largest absolute Gasteiger partial charge is 0.409 e. The van der Waals surface area contributed by atoms with Gasteiger partial charge in [-0.3, -0.25) is 0 Å². The first-order valence-corrected chi connectivity index (χ1v) is 6.62. The molecule has 88 valence electrons. The van der Waals surface area contributed by atoms with Crippen LogP contribution in [0.15, 0.2) is 5.16 Å². The van der Waals surface area contributed by atoms with Crippen LogP contribution in [0, 0.1) is 5.92 Å². The predicted molar refractivity (Wildman–Crippen MR) is 57.1 cm³/mol. The van der Waals surface area contributed by atoms with E-state index in [-0.39, 0.29) is 23.5 Å². The van der Waals surface area contributed by atoms with Crippen molar-refractivity contribution in [2.45, 2.75) is 32.2 Å². The quantitative estimate of drug-likeness (QED) is 0.272. The van der Waals surface area contributed by atoms with Crippen molar-refractivity contribution in [1.82, 2.24) is 4.72 Å². The van der Waals surface area contributed by atoms with Crippen molar-refractivity contribution >= 4 is 15.9 Å². The number of nitrogens with one attached hydrogen (secondary N) is 1. The summed E-state index contributed by atoms with van der Waals surface area (Å²) in [5.41, 5.74) is 5.49. The van der Waals surface area contributed by atoms with Crippen molar-refractivity contribution in [1.29, 1.82) is 0 Å². The highest BCUT2D eigenvalue weighted by molar-refractivity contribution is 7.89. The second-order valence-electron chi connectivity index (χ2n) is 3.69. The molecule has 0 aromatic heterocycles. The molecule has 1 rings (SSSR count). The molecule has 15 heavy (non-hydrogen) atoms. The minimum absolute atomic E-state index is 0.0480. The van der Waals surface area contributed by atoms with Crippen LogP contribution >= 0.6 is 0 Å². The van der Waals surface area contributed by atoms with Gasteiger partial charge in [0.15, 0.2) is 0 Å². The van der Waals surface area contributed by atoms with Crippen molar-refractivity contribution in [3.05, 3.63) is 0 Å². The van der Waals surface area contributed by atoms with Gasteiger partial charge in [0.25, 0.3) is 0 Å². The Balaban J connectivity index is 2.70. The molecular formula is C8H17N3O3S. The van der Waals surface area contributed by atoms with E-state index in [1.807, 2.05) is 0 Å². The molecule has 0 radical (unpaired) electrons. The summed E-state index contributed by atoms with van der Waals surface area (Å²) in [5, 5.41) is 11.5. The van der Waals surface area contributed by atoms with Crippen LogP contribution in [-0.2, 0) is 10.0 Å². The lowest BCUT2D eigenvalue weighted by molar-refractivity contribution is 0.312. The summed E-state index contributed by atoms with van der Waals surface area (Å²) in [6, 6.07) is -0.231. The lowest BCUT2D eigenvalue weighted by Gasteiger charge is -2.19. The lowest BCUT2D eigenvalue weighted by atomic mass is 10.0. The van der Waals surface area contributed by atoms with Crippen LogP contribution in [0.2, 0.25) is 0 Å². The van der Waals surface area contributed by atoms with E-state index in [1.54, 1.807) is 6.92 Å². The molecule has 0 aliphatic heterocycles. The van der Waals surface area contributed by atoms with E-state index < -0.39 is 10.0 Å². The minimum Gasteiger partial charge on any atom is -0.409 e. The first kappa shape index (κ1) is 12.3. The number of oxime groups is 1. The van der Waals surface area contributed by atoms with E-state index in [9.17, 15) is 8.42 Å². The van der Waals surface area contributed by atoms with E-state index in [0.29, 0.717) is 0 Å². The van der Waals surface area contributed by atoms with Gasteiger partial charge in [-0.05, 0) is 19.8 Å². The van der Waals surface area contributed by atoms with Gasteiger partial charge in [0, 0.05) is 12.0 Å². The Morgan fingerprint density at radius 2 is 2.27 bits per heavy atom. The van der Waals surface area contributed by atoms with Crippen LogP contribution in [0.3, 0.4) is 0 Å². The van der Waals surface area contributed by atoms with E-state index in [0.717, 1.165) is 19.3 Å². The van der Waals surface area contributed by atoms with Crippen LogP contribution in [-0.4, -0.2) is 31.3 Å². The Labute approximate surface area is 89.6 Å². The maximum absolute atomic E-state index is 11.4. The molecule has 0 aromatic carbocycles. The number of hydrogen-bond acceptors (Lipinski definition) is 4. The molecule has 1 aliphatic rings. The maximum atomic E-state index is 11.4. The average molecular weight is 235 g/mol. The van der Waals surface area contributed by atoms with Gasteiger partial charge in [-0.15, -0.1) is 0 Å². The average Bonchev–Trinajstić information content (AvgIpc) is 2.64. The molecule has 1 aliphatic carbocycles. The topological polar surface area (TPSA) is 105 Å². The fourth-order valence-electron chi connectivity index (χ4n) is 1.84. The van der Waals surface area contributed by atoms with Crippen LogP contribution in [0.1, 0.15) is 26.2 Å². The summed E-state index contributed by atoms with van der Waals surface area (Å²) < 4.78 is 25.3. The second kappa shape index (κ2) is 4.80. The smallest absolute Gasteiger partial charge is 0.211 e. The van der Waals surface area contributed by atoms with Crippen LogP contribution in [0.4, 0.5) is 0 Å². The van der Waals surface area contributed by atoms with Gasteiger partial charge in [0.05, 0.1) is 5.75 Å². The molecule has 0 aromatic rings. The molecule has 2 unspecified atom stereocenters. The molecule has 1 saturated carbocycles. The van der Waals surface area contributed by atoms with Gasteiger partial charge in [-0.25, -0.2) is 13.1 Å². The fourth-order valence-corrected chi connectivity index (χ4v) is 2.75. The van der Waals surface area contributed by atoms with Crippen LogP contribution in [0.25, 0.3) is 0 Å². The Morgan fingerprint density at radius 3 is 2.80 bits per heavy atom. The van der Waals surface area contributed by atoms with Crippen molar-refractivity contribution in [3.63, 3.8) is 0 Å². The molecule has 1 fully saturated rings. The van der Waals surface area contributed by atoms with Crippen molar-refractivity contribution in [3.8, 4) is 0 Å². The molecule has 0 amide bonds. The zero-order valence-electron chi connectivity index (χ0n) is 8.68. The van der Waals surface area contributed by atoms with Gasteiger partial charge in [0.2, 0.25) is 10.0 Å². The van der Waals surface area contributed by atoms with Gasteiger partial charge >= 0.3 is 0 Å². The third kappa shape index (κ3) is 3.07. The number of nitrogens with zero attached hydrogens (tertiary/aromatic N) is 1. The zero-order chi connectivity index (χ0) is 11.5. The lowest BCUT2D eigenvalue weighted by Crippen LogP contribution is -2.42. The highest BCUT2D eigenvalue weighted by Crippen LogP contribution is 2.26. The molecule has 0 bridgehead atoms. The molecule has 7 heteroatoms.